The van der Waals surface area contributed by atoms with Crippen molar-refractivity contribution in [2.24, 2.45) is 7.05 Å². The molecule has 0 aliphatic heterocycles. The Morgan fingerprint density at radius 1 is 1.47 bits per heavy atom. The van der Waals surface area contributed by atoms with Gasteiger partial charge in [0.15, 0.2) is 0 Å². The Hall–Kier alpha value is -1.81. The van der Waals surface area contributed by atoms with E-state index < -0.39 is 12.0 Å². The van der Waals surface area contributed by atoms with E-state index in [-0.39, 0.29) is 0 Å². The quantitative estimate of drug-likeness (QED) is 0.837. The Morgan fingerprint density at radius 2 is 2.18 bits per heavy atom. The molecule has 0 radical (unpaired) electrons. The van der Waals surface area contributed by atoms with Crippen LogP contribution in [0.4, 0.5) is 0 Å². The molecule has 4 heteroatoms. The minimum absolute atomic E-state index is 0.493. The summed E-state index contributed by atoms with van der Waals surface area (Å²) in [4.78, 5) is 11.0. The van der Waals surface area contributed by atoms with E-state index in [0.717, 1.165) is 16.5 Å². The summed E-state index contributed by atoms with van der Waals surface area (Å²) in [7, 11) is 3.64. The van der Waals surface area contributed by atoms with Gasteiger partial charge in [0.05, 0.1) is 0 Å². The zero-order valence-corrected chi connectivity index (χ0v) is 9.97. The van der Waals surface area contributed by atoms with Crippen molar-refractivity contribution < 1.29 is 9.90 Å². The molecule has 0 spiro atoms. The Balaban J connectivity index is 2.39. The number of hydrogen-bond acceptors (Lipinski definition) is 2. The monoisotopic (exact) mass is 232 g/mol. The summed E-state index contributed by atoms with van der Waals surface area (Å²) < 4.78 is 2.03. The molecule has 0 bridgehead atoms. The summed E-state index contributed by atoms with van der Waals surface area (Å²) in [5.74, 6) is -0.819. The molecule has 2 aromatic rings. The second-order valence-electron chi connectivity index (χ2n) is 4.17. The first kappa shape index (κ1) is 11.7. The van der Waals surface area contributed by atoms with Gasteiger partial charge >= 0.3 is 5.97 Å². The molecule has 17 heavy (non-hydrogen) atoms. The van der Waals surface area contributed by atoms with Gasteiger partial charge in [-0.15, -0.1) is 0 Å². The zero-order chi connectivity index (χ0) is 12.4. The molecule has 90 valence electrons. The molecule has 4 nitrogen and oxygen atoms in total. The first-order chi connectivity index (χ1) is 8.13. The number of hydrogen-bond donors (Lipinski definition) is 2. The van der Waals surface area contributed by atoms with E-state index in [4.69, 9.17) is 5.11 Å². The van der Waals surface area contributed by atoms with Gasteiger partial charge in [0.1, 0.15) is 6.04 Å². The fraction of sp³-hybridized carbons (Fsp3) is 0.308. The van der Waals surface area contributed by atoms with Gasteiger partial charge in [0.2, 0.25) is 0 Å². The van der Waals surface area contributed by atoms with E-state index in [2.05, 4.69) is 5.32 Å². The van der Waals surface area contributed by atoms with Crippen LogP contribution < -0.4 is 5.32 Å². The fourth-order valence-electron chi connectivity index (χ4n) is 2.12. The van der Waals surface area contributed by atoms with Gasteiger partial charge in [0.25, 0.3) is 0 Å². The van der Waals surface area contributed by atoms with Gasteiger partial charge in [-0.1, -0.05) is 18.2 Å². The van der Waals surface area contributed by atoms with Crippen LogP contribution in [-0.2, 0) is 18.3 Å². The highest BCUT2D eigenvalue weighted by Gasteiger charge is 2.17. The summed E-state index contributed by atoms with van der Waals surface area (Å²) in [5.41, 5.74) is 2.19. The molecule has 0 saturated carbocycles. The molecule has 1 aromatic carbocycles. The summed E-state index contributed by atoms with van der Waals surface area (Å²) in [6, 6.07) is 7.48. The SMILES string of the molecule is CN[C@H](Cc1cn(C)c2ccccc12)C(=O)O. The highest BCUT2D eigenvalue weighted by atomic mass is 16.4. The van der Waals surface area contributed by atoms with Crippen LogP contribution in [0.15, 0.2) is 30.5 Å². The standard InChI is InChI=1S/C13H16N2O2/c1-14-11(13(16)17)7-9-8-15(2)12-6-4-3-5-10(9)12/h3-6,8,11,14H,7H2,1-2H3,(H,16,17)/t11-/m1/s1. The molecule has 0 aliphatic rings. The molecule has 1 aromatic heterocycles. The number of benzene rings is 1. The lowest BCUT2D eigenvalue weighted by atomic mass is 10.1. The maximum absolute atomic E-state index is 11.0. The van der Waals surface area contributed by atoms with Crippen molar-refractivity contribution in [3.63, 3.8) is 0 Å². The Morgan fingerprint density at radius 3 is 2.82 bits per heavy atom. The maximum Gasteiger partial charge on any atom is 0.321 e. The topological polar surface area (TPSA) is 54.3 Å². The van der Waals surface area contributed by atoms with E-state index in [9.17, 15) is 4.79 Å². The number of nitrogens with zero attached hydrogens (tertiary/aromatic N) is 1. The maximum atomic E-state index is 11.0. The molecule has 2 N–H and O–H groups in total. The fourth-order valence-corrected chi connectivity index (χ4v) is 2.12. The van der Waals surface area contributed by atoms with Crippen LogP contribution in [0.5, 0.6) is 0 Å². The number of aliphatic carboxylic acids is 1. The van der Waals surface area contributed by atoms with Crippen LogP contribution >= 0.6 is 0 Å². The molecule has 0 saturated heterocycles. The van der Waals surface area contributed by atoms with Crippen LogP contribution in [0.2, 0.25) is 0 Å². The van der Waals surface area contributed by atoms with Gasteiger partial charge in [-0.2, -0.15) is 0 Å². The lowest BCUT2D eigenvalue weighted by Gasteiger charge is -2.09. The van der Waals surface area contributed by atoms with Crippen molar-refractivity contribution in [2.75, 3.05) is 7.05 Å². The molecule has 1 atom stereocenters. The highest BCUT2D eigenvalue weighted by Crippen LogP contribution is 2.21. The smallest absolute Gasteiger partial charge is 0.321 e. The number of carboxylic acid groups (broad SMARTS) is 1. The van der Waals surface area contributed by atoms with Crippen LogP contribution in [0.25, 0.3) is 10.9 Å². The molecular formula is C13H16N2O2. The third-order valence-corrected chi connectivity index (χ3v) is 3.05. The molecule has 0 unspecified atom stereocenters. The van der Waals surface area contributed by atoms with Crippen molar-refractivity contribution in [3.8, 4) is 0 Å². The second kappa shape index (κ2) is 4.59. The molecular weight excluding hydrogens is 216 g/mol. The number of rotatable bonds is 4. The number of likely N-dealkylation sites (N-methyl/N-ethyl adjacent to an activating group) is 1. The van der Waals surface area contributed by atoms with Gasteiger partial charge in [-0.25, -0.2) is 0 Å². The Bertz CT molecular complexity index is 545. The van der Waals surface area contributed by atoms with Crippen LogP contribution in [0.3, 0.4) is 0 Å². The van der Waals surface area contributed by atoms with E-state index >= 15 is 0 Å². The minimum Gasteiger partial charge on any atom is -0.480 e. The number of fused-ring (bicyclic) bond motifs is 1. The van der Waals surface area contributed by atoms with Gasteiger partial charge in [-0.05, 0) is 18.7 Å². The summed E-state index contributed by atoms with van der Waals surface area (Å²) in [5, 5.41) is 13.0. The Kier molecular flexibility index (Phi) is 3.15. The number of nitrogens with one attached hydrogen (secondary N) is 1. The predicted molar refractivity (Wildman–Crippen MR) is 67.1 cm³/mol. The lowest BCUT2D eigenvalue weighted by Crippen LogP contribution is -2.35. The van der Waals surface area contributed by atoms with E-state index in [0.29, 0.717) is 6.42 Å². The van der Waals surface area contributed by atoms with Crippen molar-refractivity contribution >= 4 is 16.9 Å². The molecule has 0 aliphatic carbocycles. The van der Waals surface area contributed by atoms with Crippen LogP contribution in [0, 0.1) is 0 Å². The van der Waals surface area contributed by atoms with Gasteiger partial charge in [-0.3, -0.25) is 4.79 Å². The van der Waals surface area contributed by atoms with Crippen molar-refractivity contribution in [3.05, 3.63) is 36.0 Å². The van der Waals surface area contributed by atoms with Crippen LogP contribution in [0.1, 0.15) is 5.56 Å². The number of aromatic nitrogens is 1. The lowest BCUT2D eigenvalue weighted by molar-refractivity contribution is -0.139. The number of carboxylic acids is 1. The molecule has 0 amide bonds. The van der Waals surface area contributed by atoms with E-state index in [1.165, 1.54) is 0 Å². The second-order valence-corrected chi connectivity index (χ2v) is 4.17. The van der Waals surface area contributed by atoms with Crippen LogP contribution in [-0.4, -0.2) is 28.7 Å². The van der Waals surface area contributed by atoms with E-state index in [1.54, 1.807) is 7.05 Å². The van der Waals surface area contributed by atoms with Crippen molar-refractivity contribution in [1.82, 2.24) is 9.88 Å². The van der Waals surface area contributed by atoms with Gasteiger partial charge < -0.3 is 15.0 Å². The molecule has 1 heterocycles. The Labute approximate surface area is 99.9 Å². The third-order valence-electron chi connectivity index (χ3n) is 3.05. The molecule has 2 rings (SSSR count). The minimum atomic E-state index is -0.819. The normalized spacial score (nSPS) is 12.8. The number of carbonyl (C=O) groups is 1. The van der Waals surface area contributed by atoms with Gasteiger partial charge in [0, 0.05) is 30.6 Å². The third kappa shape index (κ3) is 2.17. The predicted octanol–water partition coefficient (Wildman–Crippen LogP) is 1.39. The number of aryl methyl sites for hydroxylation is 1. The first-order valence-corrected chi connectivity index (χ1v) is 5.56. The average molecular weight is 232 g/mol. The highest BCUT2D eigenvalue weighted by molar-refractivity contribution is 5.85. The summed E-state index contributed by atoms with van der Waals surface area (Å²) in [6.07, 6.45) is 2.49. The molecule has 0 fully saturated rings. The number of para-hydroxylation sites is 1. The zero-order valence-electron chi connectivity index (χ0n) is 9.97. The van der Waals surface area contributed by atoms with E-state index in [1.807, 2.05) is 42.1 Å². The van der Waals surface area contributed by atoms with Crippen molar-refractivity contribution in [1.29, 1.82) is 0 Å². The first-order valence-electron chi connectivity index (χ1n) is 5.56. The largest absolute Gasteiger partial charge is 0.480 e. The summed E-state index contributed by atoms with van der Waals surface area (Å²) in [6.45, 7) is 0. The summed E-state index contributed by atoms with van der Waals surface area (Å²) >= 11 is 0. The van der Waals surface area contributed by atoms with Crippen molar-refractivity contribution in [2.45, 2.75) is 12.5 Å². The average Bonchev–Trinajstić information content (AvgIpc) is 2.63.